The van der Waals surface area contributed by atoms with Crippen LogP contribution >= 0.6 is 0 Å². The van der Waals surface area contributed by atoms with E-state index in [1.54, 1.807) is 0 Å². The first kappa shape index (κ1) is 17.1. The van der Waals surface area contributed by atoms with Gasteiger partial charge in [-0.15, -0.1) is 0 Å². The Morgan fingerprint density at radius 2 is 1.73 bits per heavy atom. The van der Waals surface area contributed by atoms with Gasteiger partial charge < -0.3 is 14.7 Å². The predicted octanol–water partition coefficient (Wildman–Crippen LogP) is 3.32. The molecule has 1 N–H and O–H groups in total. The first-order valence-corrected chi connectivity index (χ1v) is 7.42. The highest BCUT2D eigenvalue weighted by molar-refractivity contribution is 5.29. The van der Waals surface area contributed by atoms with Gasteiger partial charge in [0.05, 0.1) is 5.56 Å². The Balaban J connectivity index is 2.13. The number of hydrogen-bond donors (Lipinski definition) is 1. The molecule has 1 aromatic carbocycles. The largest absolute Gasteiger partial charge is 0.486 e. The number of aliphatic hydroxyl groups is 1. The Morgan fingerprint density at radius 3 is 2.18 bits per heavy atom. The second kappa shape index (κ2) is 6.46. The van der Waals surface area contributed by atoms with Gasteiger partial charge in [-0.05, 0) is 51.2 Å². The van der Waals surface area contributed by atoms with E-state index in [0.717, 1.165) is 25.0 Å². The molecule has 1 saturated carbocycles. The van der Waals surface area contributed by atoms with Crippen LogP contribution in [0.25, 0.3) is 0 Å². The average molecular weight is 317 g/mol. The van der Waals surface area contributed by atoms with E-state index in [1.165, 1.54) is 12.1 Å². The summed E-state index contributed by atoms with van der Waals surface area (Å²) in [6.45, 7) is 0.511. The monoisotopic (exact) mass is 317 g/mol. The first-order chi connectivity index (χ1) is 10.2. The molecule has 3 nitrogen and oxygen atoms in total. The molecule has 124 valence electrons. The first-order valence-electron chi connectivity index (χ1n) is 7.42. The van der Waals surface area contributed by atoms with Gasteiger partial charge in [0.1, 0.15) is 17.5 Å². The number of ether oxygens (including phenoxy) is 1. The summed E-state index contributed by atoms with van der Waals surface area (Å²) in [4.78, 5) is 1.91. The minimum atomic E-state index is -4.36. The van der Waals surface area contributed by atoms with Gasteiger partial charge in [-0.25, -0.2) is 0 Å². The van der Waals surface area contributed by atoms with Gasteiger partial charge in [0.15, 0.2) is 0 Å². The average Bonchev–Trinajstić information content (AvgIpc) is 2.85. The van der Waals surface area contributed by atoms with Gasteiger partial charge >= 0.3 is 6.18 Å². The summed E-state index contributed by atoms with van der Waals surface area (Å²) in [6.07, 6.45) is -1.61. The van der Waals surface area contributed by atoms with E-state index < -0.39 is 23.4 Å². The standard InChI is InChI=1S/C16H22F3NO2/c1-20(2)11-14(15(21)9-3-4-10-15)22-13-7-5-12(6-8-13)16(17,18)19/h5-8,14,21H,3-4,9-11H2,1-2H3. The Morgan fingerprint density at radius 1 is 1.18 bits per heavy atom. The lowest BCUT2D eigenvalue weighted by molar-refractivity contribution is -0.137. The van der Waals surface area contributed by atoms with Crippen LogP contribution in [-0.2, 0) is 6.18 Å². The van der Waals surface area contributed by atoms with E-state index in [4.69, 9.17) is 4.74 Å². The molecule has 0 radical (unpaired) electrons. The lowest BCUT2D eigenvalue weighted by atomic mass is 9.94. The molecule has 0 aromatic heterocycles. The molecule has 0 saturated heterocycles. The summed E-state index contributed by atoms with van der Waals surface area (Å²) < 4.78 is 43.5. The maximum Gasteiger partial charge on any atom is 0.416 e. The highest BCUT2D eigenvalue weighted by Crippen LogP contribution is 2.35. The zero-order chi connectivity index (χ0) is 16.4. The van der Waals surface area contributed by atoms with Crippen molar-refractivity contribution in [2.45, 2.75) is 43.6 Å². The molecule has 0 bridgehead atoms. The second-order valence-corrected chi connectivity index (χ2v) is 6.20. The van der Waals surface area contributed by atoms with Crippen LogP contribution in [0.1, 0.15) is 31.2 Å². The van der Waals surface area contributed by atoms with E-state index in [2.05, 4.69) is 0 Å². The molecule has 1 atom stereocenters. The molecular weight excluding hydrogens is 295 g/mol. The van der Waals surface area contributed by atoms with Crippen LogP contribution in [0.15, 0.2) is 24.3 Å². The summed E-state index contributed by atoms with van der Waals surface area (Å²) in [5.74, 6) is 0.347. The summed E-state index contributed by atoms with van der Waals surface area (Å²) >= 11 is 0. The van der Waals surface area contributed by atoms with Crippen molar-refractivity contribution in [3.8, 4) is 5.75 Å². The van der Waals surface area contributed by atoms with E-state index in [-0.39, 0.29) is 0 Å². The van der Waals surface area contributed by atoms with Gasteiger partial charge in [-0.2, -0.15) is 13.2 Å². The fourth-order valence-electron chi connectivity index (χ4n) is 2.84. The zero-order valence-corrected chi connectivity index (χ0v) is 12.9. The number of hydrogen-bond acceptors (Lipinski definition) is 3. The zero-order valence-electron chi connectivity index (χ0n) is 12.9. The molecule has 1 aliphatic rings. The molecule has 0 heterocycles. The van der Waals surface area contributed by atoms with Crippen molar-refractivity contribution in [2.75, 3.05) is 20.6 Å². The van der Waals surface area contributed by atoms with Gasteiger partial charge in [-0.1, -0.05) is 12.8 Å². The Labute approximate surface area is 128 Å². The predicted molar refractivity (Wildman–Crippen MR) is 77.8 cm³/mol. The minimum Gasteiger partial charge on any atom is -0.486 e. The molecule has 0 spiro atoms. The van der Waals surface area contributed by atoms with Crippen molar-refractivity contribution in [2.24, 2.45) is 0 Å². The smallest absolute Gasteiger partial charge is 0.416 e. The highest BCUT2D eigenvalue weighted by atomic mass is 19.4. The van der Waals surface area contributed by atoms with Gasteiger partial charge in [0.2, 0.25) is 0 Å². The van der Waals surface area contributed by atoms with Crippen molar-refractivity contribution >= 4 is 0 Å². The summed E-state index contributed by atoms with van der Waals surface area (Å²) in [7, 11) is 3.75. The third-order valence-corrected chi connectivity index (χ3v) is 4.06. The van der Waals surface area contributed by atoms with Gasteiger partial charge in [0, 0.05) is 6.54 Å². The second-order valence-electron chi connectivity index (χ2n) is 6.20. The van der Waals surface area contributed by atoms with Crippen LogP contribution in [-0.4, -0.2) is 42.4 Å². The molecule has 1 aromatic rings. The minimum absolute atomic E-state index is 0.347. The van der Waals surface area contributed by atoms with Gasteiger partial charge in [0.25, 0.3) is 0 Å². The van der Waals surface area contributed by atoms with Crippen molar-refractivity contribution in [1.82, 2.24) is 4.90 Å². The van der Waals surface area contributed by atoms with Crippen LogP contribution in [0.2, 0.25) is 0 Å². The maximum atomic E-state index is 12.6. The molecule has 6 heteroatoms. The van der Waals surface area contributed by atoms with Crippen LogP contribution in [0.5, 0.6) is 5.75 Å². The summed E-state index contributed by atoms with van der Waals surface area (Å²) in [5, 5.41) is 10.7. The van der Waals surface area contributed by atoms with E-state index >= 15 is 0 Å². The quantitative estimate of drug-likeness (QED) is 0.904. The van der Waals surface area contributed by atoms with Crippen LogP contribution in [0, 0.1) is 0 Å². The maximum absolute atomic E-state index is 12.6. The van der Waals surface area contributed by atoms with E-state index in [0.29, 0.717) is 25.1 Å². The third kappa shape index (κ3) is 4.14. The fraction of sp³-hybridized carbons (Fsp3) is 0.625. The lowest BCUT2D eigenvalue weighted by Gasteiger charge is -2.34. The van der Waals surface area contributed by atoms with Crippen LogP contribution < -0.4 is 4.74 Å². The molecule has 0 aliphatic heterocycles. The summed E-state index contributed by atoms with van der Waals surface area (Å²) in [5.41, 5.74) is -1.61. The Hall–Kier alpha value is -1.27. The van der Waals surface area contributed by atoms with Crippen LogP contribution in [0.4, 0.5) is 13.2 Å². The van der Waals surface area contributed by atoms with Crippen molar-refractivity contribution in [3.05, 3.63) is 29.8 Å². The fourth-order valence-corrected chi connectivity index (χ4v) is 2.84. The lowest BCUT2D eigenvalue weighted by Crippen LogP contribution is -2.49. The number of alkyl halides is 3. The van der Waals surface area contributed by atoms with E-state index in [1.807, 2.05) is 19.0 Å². The number of benzene rings is 1. The van der Waals surface area contributed by atoms with Crippen molar-refractivity contribution in [3.63, 3.8) is 0 Å². The molecule has 22 heavy (non-hydrogen) atoms. The highest BCUT2D eigenvalue weighted by Gasteiger charge is 2.41. The third-order valence-electron chi connectivity index (χ3n) is 4.06. The molecule has 1 aliphatic carbocycles. The van der Waals surface area contributed by atoms with Crippen LogP contribution in [0.3, 0.4) is 0 Å². The topological polar surface area (TPSA) is 32.7 Å². The normalized spacial score (nSPS) is 19.4. The van der Waals surface area contributed by atoms with E-state index in [9.17, 15) is 18.3 Å². The Bertz CT molecular complexity index is 479. The molecule has 1 unspecified atom stereocenters. The number of halogens is 3. The van der Waals surface area contributed by atoms with Crippen molar-refractivity contribution < 1.29 is 23.0 Å². The SMILES string of the molecule is CN(C)CC(Oc1ccc(C(F)(F)F)cc1)C1(O)CCCC1. The molecule has 1 fully saturated rings. The number of nitrogens with zero attached hydrogens (tertiary/aromatic N) is 1. The number of likely N-dealkylation sites (N-methyl/N-ethyl adjacent to an activating group) is 1. The summed E-state index contributed by atoms with van der Waals surface area (Å²) in [6, 6.07) is 4.62. The molecule has 0 amide bonds. The Kier molecular flexibility index (Phi) is 5.02. The van der Waals surface area contributed by atoms with Crippen molar-refractivity contribution in [1.29, 1.82) is 0 Å². The van der Waals surface area contributed by atoms with Gasteiger partial charge in [-0.3, -0.25) is 0 Å². The molecular formula is C16H22F3NO2. The molecule has 2 rings (SSSR count). The number of rotatable bonds is 5.